The minimum absolute atomic E-state index is 0.586. The van der Waals surface area contributed by atoms with Crippen molar-refractivity contribution in [1.29, 1.82) is 0 Å². The summed E-state index contributed by atoms with van der Waals surface area (Å²) in [5.41, 5.74) is 4.75. The molecule has 33 heavy (non-hydrogen) atoms. The molecule has 0 bridgehead atoms. The molecule has 0 atom stereocenters. The number of fused-ring (bicyclic) bond motifs is 1. The summed E-state index contributed by atoms with van der Waals surface area (Å²) < 4.78 is 5.11. The first-order valence-electron chi connectivity index (χ1n) is 11.2. The third-order valence-electron chi connectivity index (χ3n) is 6.37. The van der Waals surface area contributed by atoms with Crippen molar-refractivity contribution in [1.82, 2.24) is 34.3 Å². The second kappa shape index (κ2) is 9.69. The van der Waals surface area contributed by atoms with Gasteiger partial charge >= 0.3 is 0 Å². The van der Waals surface area contributed by atoms with Crippen molar-refractivity contribution < 1.29 is 0 Å². The van der Waals surface area contributed by atoms with E-state index in [-0.39, 0.29) is 0 Å². The summed E-state index contributed by atoms with van der Waals surface area (Å²) in [4.78, 5) is 4.97. The highest BCUT2D eigenvalue weighted by molar-refractivity contribution is 14.1. The van der Waals surface area contributed by atoms with Gasteiger partial charge in [-0.25, -0.2) is 4.68 Å². The summed E-state index contributed by atoms with van der Waals surface area (Å²) in [5.74, 6) is 0.649. The summed E-state index contributed by atoms with van der Waals surface area (Å²) >= 11 is 9.47. The molecule has 7 nitrogen and oxygen atoms in total. The lowest BCUT2D eigenvalue weighted by molar-refractivity contribution is 0.147. The van der Waals surface area contributed by atoms with Gasteiger partial charge in [-0.05, 0) is 26.0 Å². The van der Waals surface area contributed by atoms with Gasteiger partial charge in [-0.1, -0.05) is 64.5 Å². The molecule has 3 aromatic heterocycles. The van der Waals surface area contributed by atoms with E-state index < -0.39 is 0 Å². The van der Waals surface area contributed by atoms with Crippen LogP contribution in [0.15, 0.2) is 42.5 Å². The predicted octanol–water partition coefficient (Wildman–Crippen LogP) is 4.56. The second-order valence-corrected chi connectivity index (χ2v) is 9.56. The Hall–Kier alpha value is -2.01. The molecule has 0 saturated carbocycles. The first-order valence-corrected chi connectivity index (χ1v) is 13.1. The van der Waals surface area contributed by atoms with Gasteiger partial charge in [0.15, 0.2) is 11.5 Å². The van der Waals surface area contributed by atoms with E-state index in [4.69, 9.17) is 16.7 Å². The van der Waals surface area contributed by atoms with Crippen molar-refractivity contribution in [2.24, 2.45) is 0 Å². The van der Waals surface area contributed by atoms with Gasteiger partial charge < -0.3 is 4.57 Å². The molecule has 9 heteroatoms. The molecule has 172 valence electrons. The highest BCUT2D eigenvalue weighted by Gasteiger charge is 2.23. The van der Waals surface area contributed by atoms with Crippen LogP contribution in [-0.2, 0) is 6.54 Å². The van der Waals surface area contributed by atoms with Crippen molar-refractivity contribution in [2.75, 3.05) is 37.3 Å². The fourth-order valence-electron chi connectivity index (χ4n) is 4.48. The number of aryl methyl sites for hydroxylation is 2. The first-order chi connectivity index (χ1) is 16.1. The van der Waals surface area contributed by atoms with E-state index in [1.54, 1.807) is 0 Å². The Kier molecular flexibility index (Phi) is 6.69. The Morgan fingerprint density at radius 2 is 1.55 bits per heavy atom. The molecule has 0 radical (unpaired) electrons. The van der Waals surface area contributed by atoms with Crippen LogP contribution in [0.5, 0.6) is 0 Å². The van der Waals surface area contributed by atoms with Gasteiger partial charge in [-0.2, -0.15) is 5.10 Å². The van der Waals surface area contributed by atoms with E-state index in [0.717, 1.165) is 77.5 Å². The largest absolute Gasteiger partial charge is 0.300 e. The summed E-state index contributed by atoms with van der Waals surface area (Å²) in [6, 6.07) is 14.3. The summed E-state index contributed by atoms with van der Waals surface area (Å²) in [6.07, 6.45) is 0. The van der Waals surface area contributed by atoms with E-state index in [2.05, 4.69) is 80.7 Å². The van der Waals surface area contributed by atoms with Crippen LogP contribution in [0.3, 0.4) is 0 Å². The van der Waals surface area contributed by atoms with Gasteiger partial charge in [-0.15, -0.1) is 10.2 Å². The highest BCUT2D eigenvalue weighted by atomic mass is 127. The van der Waals surface area contributed by atoms with Gasteiger partial charge in [0.1, 0.15) is 5.69 Å². The predicted molar refractivity (Wildman–Crippen MR) is 141 cm³/mol. The lowest BCUT2D eigenvalue weighted by atomic mass is 10.1. The molecule has 1 aliphatic rings. The van der Waals surface area contributed by atoms with Gasteiger partial charge in [0.2, 0.25) is 0 Å². The average Bonchev–Trinajstić information content (AvgIpc) is 3.39. The maximum absolute atomic E-state index is 7.03. The average molecular weight is 576 g/mol. The maximum atomic E-state index is 7.03. The van der Waals surface area contributed by atoms with Gasteiger partial charge in [0.25, 0.3) is 0 Å². The van der Waals surface area contributed by atoms with Crippen LogP contribution in [0.1, 0.15) is 11.4 Å². The fraction of sp³-hybridized carbons (Fsp3) is 0.375. The molecular formula is C24H27ClIN7. The lowest BCUT2D eigenvalue weighted by Crippen LogP contribution is -2.46. The Bertz CT molecular complexity index is 1240. The molecule has 1 aromatic carbocycles. The number of halogens is 2. The zero-order valence-electron chi connectivity index (χ0n) is 18.9. The van der Waals surface area contributed by atoms with Gasteiger partial charge in [-0.3, -0.25) is 9.80 Å². The van der Waals surface area contributed by atoms with Gasteiger partial charge in [0.05, 0.1) is 21.5 Å². The van der Waals surface area contributed by atoms with Crippen molar-refractivity contribution >= 4 is 45.2 Å². The number of hydrogen-bond donors (Lipinski definition) is 0. The van der Waals surface area contributed by atoms with Crippen LogP contribution in [-0.4, -0.2) is 71.6 Å². The van der Waals surface area contributed by atoms with E-state index >= 15 is 0 Å². The number of hydrogen-bond acceptors (Lipinski definition) is 5. The quantitative estimate of drug-likeness (QED) is 0.192. The third kappa shape index (κ3) is 4.41. The third-order valence-corrected chi connectivity index (χ3v) is 7.70. The Balaban J connectivity index is 1.55. The lowest BCUT2D eigenvalue weighted by Gasteiger charge is -2.33. The van der Waals surface area contributed by atoms with Crippen LogP contribution >= 0.6 is 34.2 Å². The van der Waals surface area contributed by atoms with Crippen LogP contribution in [0, 0.1) is 13.8 Å². The number of piperazine rings is 1. The molecule has 0 amide bonds. The number of benzene rings is 1. The van der Waals surface area contributed by atoms with Crippen LogP contribution < -0.4 is 0 Å². The molecule has 4 heterocycles. The molecular weight excluding hydrogens is 549 g/mol. The Morgan fingerprint density at radius 3 is 2.21 bits per heavy atom. The number of aromatic nitrogens is 5. The number of rotatable bonds is 6. The molecule has 4 aromatic rings. The standard InChI is InChI=1S/C24H27ClIN7/c1-17-8-9-18(2)33(17)24-21(25)20-22(19-6-4-3-5-7-19)29-32(23(20)27-28-24)15-14-30-10-12-31(16-26)13-11-30/h3-9H,10-16H2,1-2H3. The number of alkyl halides is 1. The van der Waals surface area contributed by atoms with Crippen molar-refractivity contribution in [3.05, 3.63) is 58.9 Å². The zero-order chi connectivity index (χ0) is 22.9. The van der Waals surface area contributed by atoms with Crippen molar-refractivity contribution in [3.8, 4) is 17.1 Å². The van der Waals surface area contributed by atoms with Crippen LogP contribution in [0.2, 0.25) is 5.02 Å². The smallest absolute Gasteiger partial charge is 0.182 e. The molecule has 0 aliphatic carbocycles. The van der Waals surface area contributed by atoms with E-state index in [0.29, 0.717) is 10.8 Å². The van der Waals surface area contributed by atoms with Crippen molar-refractivity contribution in [3.63, 3.8) is 0 Å². The van der Waals surface area contributed by atoms with Crippen LogP contribution in [0.25, 0.3) is 28.1 Å². The topological polar surface area (TPSA) is 55.0 Å². The molecule has 0 N–H and O–H groups in total. The van der Waals surface area contributed by atoms with E-state index in [1.807, 2.05) is 27.4 Å². The second-order valence-electron chi connectivity index (χ2n) is 8.50. The molecule has 0 spiro atoms. The zero-order valence-corrected chi connectivity index (χ0v) is 21.8. The molecule has 1 fully saturated rings. The summed E-state index contributed by atoms with van der Waals surface area (Å²) in [5, 5.41) is 15.6. The first kappa shape index (κ1) is 22.8. The van der Waals surface area contributed by atoms with Gasteiger partial charge in [0, 0.05) is 49.7 Å². The minimum Gasteiger partial charge on any atom is -0.300 e. The SMILES string of the molecule is Cc1ccc(C)n1-c1nnc2c(c(-c3ccccc3)nn2CCN2CCN(CI)CC2)c1Cl. The molecule has 0 unspecified atom stereocenters. The van der Waals surface area contributed by atoms with E-state index in [1.165, 1.54) is 0 Å². The fourth-order valence-corrected chi connectivity index (χ4v) is 5.45. The maximum Gasteiger partial charge on any atom is 0.182 e. The monoisotopic (exact) mass is 575 g/mol. The summed E-state index contributed by atoms with van der Waals surface area (Å²) in [6.45, 7) is 10.2. The molecule has 1 saturated heterocycles. The minimum atomic E-state index is 0.586. The highest BCUT2D eigenvalue weighted by Crippen LogP contribution is 2.35. The van der Waals surface area contributed by atoms with Crippen LogP contribution in [0.4, 0.5) is 0 Å². The Morgan fingerprint density at radius 1 is 0.879 bits per heavy atom. The summed E-state index contributed by atoms with van der Waals surface area (Å²) in [7, 11) is 0. The molecule has 5 rings (SSSR count). The number of nitrogens with zero attached hydrogens (tertiary/aromatic N) is 7. The Labute approximate surface area is 212 Å². The molecule has 1 aliphatic heterocycles. The normalized spacial score (nSPS) is 15.5. The van der Waals surface area contributed by atoms with E-state index in [9.17, 15) is 0 Å². The van der Waals surface area contributed by atoms with Crippen molar-refractivity contribution in [2.45, 2.75) is 20.4 Å².